The Morgan fingerprint density at radius 3 is 2.50 bits per heavy atom. The number of hydrogen-bond donors (Lipinski definition) is 2. The van der Waals surface area contributed by atoms with Crippen molar-refractivity contribution >= 4 is 18.3 Å². The van der Waals surface area contributed by atoms with Crippen LogP contribution in [-0.4, -0.2) is 25.5 Å². The van der Waals surface area contributed by atoms with Gasteiger partial charge in [0.15, 0.2) is 0 Å². The molecule has 0 aromatic heterocycles. The molecule has 1 heterocycles. The molecule has 1 saturated heterocycles. The number of carbonyl (C=O) groups excluding carboxylic acids is 1. The molecular weight excluding hydrogens is 296 g/mol. The van der Waals surface area contributed by atoms with E-state index in [0.29, 0.717) is 11.3 Å². The van der Waals surface area contributed by atoms with Crippen molar-refractivity contribution in [3.63, 3.8) is 0 Å². The molecule has 2 fully saturated rings. The van der Waals surface area contributed by atoms with E-state index in [4.69, 9.17) is 0 Å². The molecule has 1 atom stereocenters. The lowest BCUT2D eigenvalue weighted by Gasteiger charge is -2.34. The third-order valence-corrected chi connectivity index (χ3v) is 5.60. The van der Waals surface area contributed by atoms with E-state index in [1.165, 1.54) is 38.5 Å². The van der Waals surface area contributed by atoms with E-state index < -0.39 is 0 Å². The quantitative estimate of drug-likeness (QED) is 0.743. The van der Waals surface area contributed by atoms with E-state index in [9.17, 15) is 4.79 Å². The van der Waals surface area contributed by atoms with Crippen LogP contribution in [0.3, 0.4) is 0 Å². The highest BCUT2D eigenvalue weighted by atomic mass is 35.5. The van der Waals surface area contributed by atoms with Gasteiger partial charge in [-0.1, -0.05) is 46.0 Å². The summed E-state index contributed by atoms with van der Waals surface area (Å²) in [5, 5.41) is 6.69. The second-order valence-corrected chi connectivity index (χ2v) is 7.65. The van der Waals surface area contributed by atoms with Gasteiger partial charge >= 0.3 is 0 Å². The Labute approximate surface area is 142 Å². The zero-order valence-electron chi connectivity index (χ0n) is 14.5. The molecule has 2 N–H and O–H groups in total. The minimum Gasteiger partial charge on any atom is -0.355 e. The normalized spacial score (nSPS) is 22.8. The van der Waals surface area contributed by atoms with Gasteiger partial charge in [0.25, 0.3) is 0 Å². The molecule has 0 aromatic rings. The standard InChI is InChI=1S/C18H34N2O.ClH/c1-3-6-16(13-15-7-4-5-8-15)17(21)20-14-18(2)9-11-19-12-10-18;/h15-16,19H,3-14H2,1-2H3,(H,20,21);1H. The first-order valence-electron chi connectivity index (χ1n) is 9.11. The average Bonchev–Trinajstić information content (AvgIpc) is 2.98. The monoisotopic (exact) mass is 330 g/mol. The summed E-state index contributed by atoms with van der Waals surface area (Å²) in [6.45, 7) is 7.56. The largest absolute Gasteiger partial charge is 0.355 e. The van der Waals surface area contributed by atoms with Crippen LogP contribution in [-0.2, 0) is 4.79 Å². The van der Waals surface area contributed by atoms with E-state index >= 15 is 0 Å². The van der Waals surface area contributed by atoms with Gasteiger partial charge in [-0.25, -0.2) is 0 Å². The minimum atomic E-state index is 0. The van der Waals surface area contributed by atoms with Crippen molar-refractivity contribution < 1.29 is 4.79 Å². The Bertz CT molecular complexity index is 323. The van der Waals surface area contributed by atoms with Crippen LogP contribution in [0.2, 0.25) is 0 Å². The van der Waals surface area contributed by atoms with Crippen molar-refractivity contribution in [1.82, 2.24) is 10.6 Å². The van der Waals surface area contributed by atoms with Crippen molar-refractivity contribution in [2.24, 2.45) is 17.3 Å². The maximum Gasteiger partial charge on any atom is 0.223 e. The predicted molar refractivity (Wildman–Crippen MR) is 95.4 cm³/mol. The van der Waals surface area contributed by atoms with Gasteiger partial charge in [0, 0.05) is 12.5 Å². The molecule has 130 valence electrons. The Morgan fingerprint density at radius 2 is 1.91 bits per heavy atom. The molecule has 1 unspecified atom stereocenters. The number of nitrogens with one attached hydrogen (secondary N) is 2. The van der Waals surface area contributed by atoms with E-state index in [1.54, 1.807) is 0 Å². The van der Waals surface area contributed by atoms with Crippen LogP contribution in [0.15, 0.2) is 0 Å². The van der Waals surface area contributed by atoms with Crippen LogP contribution >= 0.6 is 12.4 Å². The van der Waals surface area contributed by atoms with Crippen molar-refractivity contribution in [2.45, 2.75) is 71.6 Å². The first-order valence-corrected chi connectivity index (χ1v) is 9.11. The van der Waals surface area contributed by atoms with Gasteiger partial charge in [0.2, 0.25) is 5.91 Å². The Morgan fingerprint density at radius 1 is 1.27 bits per heavy atom. The third kappa shape index (κ3) is 6.08. The summed E-state index contributed by atoms with van der Waals surface area (Å²) >= 11 is 0. The van der Waals surface area contributed by atoms with E-state index in [2.05, 4.69) is 24.5 Å². The highest BCUT2D eigenvalue weighted by Gasteiger charge is 2.29. The summed E-state index contributed by atoms with van der Waals surface area (Å²) in [6, 6.07) is 0. The average molecular weight is 331 g/mol. The SMILES string of the molecule is CCCC(CC1CCCC1)C(=O)NCC1(C)CCNCC1.Cl. The first kappa shape index (κ1) is 19.8. The van der Waals surface area contributed by atoms with Crippen LogP contribution in [0.5, 0.6) is 0 Å². The van der Waals surface area contributed by atoms with Gasteiger partial charge in [0.1, 0.15) is 0 Å². The van der Waals surface area contributed by atoms with Crippen LogP contribution in [0, 0.1) is 17.3 Å². The number of piperidine rings is 1. The summed E-state index contributed by atoms with van der Waals surface area (Å²) in [6.07, 6.45) is 11.1. The number of amides is 1. The lowest BCUT2D eigenvalue weighted by Crippen LogP contribution is -2.44. The van der Waals surface area contributed by atoms with Gasteiger partial charge < -0.3 is 10.6 Å². The molecule has 2 rings (SSSR count). The fraction of sp³-hybridized carbons (Fsp3) is 0.944. The van der Waals surface area contributed by atoms with Gasteiger partial charge in [0.05, 0.1) is 0 Å². The summed E-state index contributed by atoms with van der Waals surface area (Å²) in [5.41, 5.74) is 0.297. The molecule has 0 spiro atoms. The summed E-state index contributed by atoms with van der Waals surface area (Å²) in [5.74, 6) is 1.38. The van der Waals surface area contributed by atoms with E-state index in [1.807, 2.05) is 0 Å². The van der Waals surface area contributed by atoms with Crippen molar-refractivity contribution in [1.29, 1.82) is 0 Å². The van der Waals surface area contributed by atoms with Crippen LogP contribution in [0.1, 0.15) is 71.6 Å². The highest BCUT2D eigenvalue weighted by molar-refractivity contribution is 5.85. The molecule has 1 saturated carbocycles. The van der Waals surface area contributed by atoms with Crippen LogP contribution in [0.25, 0.3) is 0 Å². The molecule has 1 amide bonds. The first-order chi connectivity index (χ1) is 10.1. The molecule has 0 bridgehead atoms. The summed E-state index contributed by atoms with van der Waals surface area (Å²) in [7, 11) is 0. The van der Waals surface area contributed by atoms with Gasteiger partial charge in [-0.3, -0.25) is 4.79 Å². The summed E-state index contributed by atoms with van der Waals surface area (Å²) < 4.78 is 0. The van der Waals surface area contributed by atoms with E-state index in [-0.39, 0.29) is 18.3 Å². The number of rotatable bonds is 7. The second-order valence-electron chi connectivity index (χ2n) is 7.65. The molecule has 0 aromatic carbocycles. The number of carbonyl (C=O) groups is 1. The Kier molecular flexibility index (Phi) is 8.78. The van der Waals surface area contributed by atoms with Crippen molar-refractivity contribution in [3.05, 3.63) is 0 Å². The van der Waals surface area contributed by atoms with Crippen LogP contribution in [0.4, 0.5) is 0 Å². The smallest absolute Gasteiger partial charge is 0.223 e. The molecule has 3 nitrogen and oxygen atoms in total. The van der Waals surface area contributed by atoms with Gasteiger partial charge in [-0.05, 0) is 50.1 Å². The number of halogens is 1. The molecule has 1 aliphatic heterocycles. The predicted octanol–water partition coefficient (Wildman–Crippen LogP) is 3.91. The fourth-order valence-electron chi connectivity index (χ4n) is 4.00. The molecular formula is C18H35ClN2O. The zero-order valence-corrected chi connectivity index (χ0v) is 15.3. The third-order valence-electron chi connectivity index (χ3n) is 5.60. The molecule has 1 aliphatic carbocycles. The zero-order chi connectivity index (χ0) is 15.1. The lowest BCUT2D eigenvalue weighted by atomic mass is 9.80. The molecule has 4 heteroatoms. The maximum absolute atomic E-state index is 12.6. The lowest BCUT2D eigenvalue weighted by molar-refractivity contribution is -0.126. The summed E-state index contributed by atoms with van der Waals surface area (Å²) in [4.78, 5) is 12.6. The maximum atomic E-state index is 12.6. The van der Waals surface area contributed by atoms with Crippen LogP contribution < -0.4 is 10.6 Å². The Balaban J connectivity index is 0.00000242. The molecule has 22 heavy (non-hydrogen) atoms. The fourth-order valence-corrected chi connectivity index (χ4v) is 4.00. The highest BCUT2D eigenvalue weighted by Crippen LogP contribution is 2.32. The number of hydrogen-bond acceptors (Lipinski definition) is 2. The minimum absolute atomic E-state index is 0. The van der Waals surface area contributed by atoms with Crippen molar-refractivity contribution in [2.75, 3.05) is 19.6 Å². The molecule has 0 radical (unpaired) electrons. The topological polar surface area (TPSA) is 41.1 Å². The molecule has 2 aliphatic rings. The van der Waals surface area contributed by atoms with Gasteiger partial charge in [-0.15, -0.1) is 12.4 Å². The Hall–Kier alpha value is -0.280. The van der Waals surface area contributed by atoms with Crippen molar-refractivity contribution in [3.8, 4) is 0 Å². The van der Waals surface area contributed by atoms with E-state index in [0.717, 1.165) is 44.8 Å². The van der Waals surface area contributed by atoms with Gasteiger partial charge in [-0.2, -0.15) is 0 Å². The second kappa shape index (κ2) is 9.77.